The maximum absolute atomic E-state index is 10.6. The predicted molar refractivity (Wildman–Crippen MR) is 68.5 cm³/mol. The zero-order valence-electron chi connectivity index (χ0n) is 9.91. The number of ether oxygens (including phenoxy) is 3. The van der Waals surface area contributed by atoms with Gasteiger partial charge in [0.2, 0.25) is 17.8 Å². The fourth-order valence-electron chi connectivity index (χ4n) is 1.66. The second-order valence-electron chi connectivity index (χ2n) is 3.83. The van der Waals surface area contributed by atoms with E-state index >= 15 is 0 Å². The number of aromatic nitrogens is 1. The third-order valence-corrected chi connectivity index (χ3v) is 2.84. The van der Waals surface area contributed by atoms with Crippen molar-refractivity contribution < 1.29 is 19.1 Å². The summed E-state index contributed by atoms with van der Waals surface area (Å²) in [6, 6.07) is 7.61. The van der Waals surface area contributed by atoms with Crippen molar-refractivity contribution in [2.24, 2.45) is 0 Å². The van der Waals surface area contributed by atoms with Crippen molar-refractivity contribution in [2.45, 2.75) is 0 Å². The minimum Gasteiger partial charge on any atom is -0.454 e. The average Bonchev–Trinajstić information content (AvgIpc) is 2.85. The molecule has 0 N–H and O–H groups in total. The van der Waals surface area contributed by atoms with Gasteiger partial charge in [-0.3, -0.25) is 10.1 Å². The van der Waals surface area contributed by atoms with Gasteiger partial charge in [0, 0.05) is 18.2 Å². The molecule has 1 aliphatic heterocycles. The Morgan fingerprint density at radius 3 is 2.80 bits per heavy atom. The third kappa shape index (κ3) is 2.30. The number of hydrogen-bond acceptors (Lipinski definition) is 6. The van der Waals surface area contributed by atoms with Gasteiger partial charge in [-0.1, -0.05) is 11.6 Å². The number of benzene rings is 1. The van der Waals surface area contributed by atoms with Gasteiger partial charge in [-0.2, -0.15) is 4.98 Å². The van der Waals surface area contributed by atoms with Crippen LogP contribution in [0.3, 0.4) is 0 Å². The summed E-state index contributed by atoms with van der Waals surface area (Å²) in [5, 5.41) is 10.4. The Labute approximate surface area is 117 Å². The van der Waals surface area contributed by atoms with Crippen LogP contribution in [0.25, 0.3) is 0 Å². The Balaban J connectivity index is 1.84. The maximum Gasteiger partial charge on any atom is 0.306 e. The fraction of sp³-hybridized carbons (Fsp3) is 0.0833. The van der Waals surface area contributed by atoms with E-state index in [2.05, 4.69) is 4.98 Å². The third-order valence-electron chi connectivity index (χ3n) is 2.57. The molecule has 0 atom stereocenters. The number of hydrogen-bond donors (Lipinski definition) is 0. The van der Waals surface area contributed by atoms with Gasteiger partial charge in [0.15, 0.2) is 11.5 Å². The number of fused-ring (bicyclic) bond motifs is 1. The summed E-state index contributed by atoms with van der Waals surface area (Å²) in [4.78, 5) is 13.8. The predicted octanol–water partition coefficient (Wildman–Crippen LogP) is 3.16. The highest BCUT2D eigenvalue weighted by Gasteiger charge is 2.16. The quantitative estimate of drug-likeness (QED) is 0.491. The molecule has 0 amide bonds. The van der Waals surface area contributed by atoms with Crippen LogP contribution in [0.15, 0.2) is 30.3 Å². The summed E-state index contributed by atoms with van der Waals surface area (Å²) in [5.41, 5.74) is -0.273. The highest BCUT2D eigenvalue weighted by molar-refractivity contribution is 6.31. The van der Waals surface area contributed by atoms with Crippen LogP contribution < -0.4 is 14.2 Å². The normalized spacial score (nSPS) is 12.2. The lowest BCUT2D eigenvalue weighted by Crippen LogP contribution is -1.94. The lowest BCUT2D eigenvalue weighted by atomic mass is 10.3. The van der Waals surface area contributed by atoms with E-state index in [0.29, 0.717) is 17.2 Å². The van der Waals surface area contributed by atoms with Crippen molar-refractivity contribution in [1.29, 1.82) is 0 Å². The van der Waals surface area contributed by atoms with Crippen LogP contribution in [0.5, 0.6) is 23.1 Å². The average molecular weight is 295 g/mol. The first-order chi connectivity index (χ1) is 9.63. The molecule has 0 fully saturated rings. The van der Waals surface area contributed by atoms with Gasteiger partial charge in [0.05, 0.1) is 4.92 Å². The Kier molecular flexibility index (Phi) is 3.03. The highest BCUT2D eigenvalue weighted by Crippen LogP contribution is 2.36. The van der Waals surface area contributed by atoms with Crippen LogP contribution in [0.2, 0.25) is 5.15 Å². The van der Waals surface area contributed by atoms with Gasteiger partial charge in [-0.25, -0.2) is 0 Å². The highest BCUT2D eigenvalue weighted by atomic mass is 35.5. The molecule has 2 aromatic rings. The molecule has 1 aromatic carbocycles. The first-order valence-corrected chi connectivity index (χ1v) is 5.90. The molecule has 0 saturated carbocycles. The van der Waals surface area contributed by atoms with Crippen molar-refractivity contribution >= 4 is 17.3 Å². The first-order valence-electron chi connectivity index (χ1n) is 5.52. The van der Waals surface area contributed by atoms with Gasteiger partial charge in [0.1, 0.15) is 5.75 Å². The molecule has 8 heteroatoms. The van der Waals surface area contributed by atoms with E-state index in [1.54, 1.807) is 18.2 Å². The molecule has 20 heavy (non-hydrogen) atoms. The maximum atomic E-state index is 10.6. The first kappa shape index (κ1) is 12.5. The number of nitrogens with zero attached hydrogens (tertiary/aromatic N) is 2. The van der Waals surface area contributed by atoms with Crippen LogP contribution in [0.1, 0.15) is 0 Å². The molecule has 0 spiro atoms. The standard InChI is InChI=1S/C12H7ClN2O5/c13-12-8(15(16)17)2-4-11(14-12)20-7-1-3-9-10(5-7)19-6-18-9/h1-5H,6H2. The molecule has 1 aliphatic rings. The van der Waals surface area contributed by atoms with Gasteiger partial charge >= 0.3 is 5.69 Å². The molecule has 0 unspecified atom stereocenters. The zero-order chi connectivity index (χ0) is 14.1. The lowest BCUT2D eigenvalue weighted by molar-refractivity contribution is -0.385. The molecule has 7 nitrogen and oxygen atoms in total. The summed E-state index contributed by atoms with van der Waals surface area (Å²) in [6.07, 6.45) is 0. The van der Waals surface area contributed by atoms with Crippen LogP contribution in [-0.2, 0) is 0 Å². The van der Waals surface area contributed by atoms with Gasteiger partial charge in [-0.15, -0.1) is 0 Å². The van der Waals surface area contributed by atoms with Crippen molar-refractivity contribution in [3.8, 4) is 23.1 Å². The van der Waals surface area contributed by atoms with Crippen LogP contribution >= 0.6 is 11.6 Å². The van der Waals surface area contributed by atoms with E-state index in [-0.39, 0.29) is 23.5 Å². The van der Waals surface area contributed by atoms with Gasteiger partial charge < -0.3 is 14.2 Å². The van der Waals surface area contributed by atoms with Crippen LogP contribution in [0, 0.1) is 10.1 Å². The molecular formula is C12H7ClN2O5. The van der Waals surface area contributed by atoms with Gasteiger partial charge in [-0.05, 0) is 12.1 Å². The second kappa shape index (κ2) is 4.86. The summed E-state index contributed by atoms with van der Waals surface area (Å²) >= 11 is 5.71. The van der Waals surface area contributed by atoms with E-state index in [0.717, 1.165) is 0 Å². The summed E-state index contributed by atoms with van der Waals surface area (Å²) in [6.45, 7) is 0.167. The molecule has 2 heterocycles. The molecular weight excluding hydrogens is 288 g/mol. The smallest absolute Gasteiger partial charge is 0.306 e. The summed E-state index contributed by atoms with van der Waals surface area (Å²) in [7, 11) is 0. The monoisotopic (exact) mass is 294 g/mol. The molecule has 0 bridgehead atoms. The Morgan fingerprint density at radius 2 is 2.05 bits per heavy atom. The summed E-state index contributed by atoms with van der Waals surface area (Å²) in [5.74, 6) is 1.81. The fourth-order valence-corrected chi connectivity index (χ4v) is 1.88. The van der Waals surface area contributed by atoms with Crippen LogP contribution in [0.4, 0.5) is 5.69 Å². The Hall–Kier alpha value is -2.54. The molecule has 0 aliphatic carbocycles. The van der Waals surface area contributed by atoms with E-state index < -0.39 is 4.92 Å². The number of nitro groups is 1. The largest absolute Gasteiger partial charge is 0.454 e. The molecule has 0 saturated heterocycles. The summed E-state index contributed by atoms with van der Waals surface area (Å²) < 4.78 is 15.9. The van der Waals surface area contributed by atoms with E-state index in [9.17, 15) is 10.1 Å². The topological polar surface area (TPSA) is 83.7 Å². The minimum absolute atomic E-state index is 0.152. The van der Waals surface area contributed by atoms with Crippen molar-refractivity contribution in [2.75, 3.05) is 6.79 Å². The molecule has 102 valence electrons. The van der Waals surface area contributed by atoms with Crippen molar-refractivity contribution in [3.63, 3.8) is 0 Å². The minimum atomic E-state index is -0.611. The number of pyridine rings is 1. The van der Waals surface area contributed by atoms with Crippen molar-refractivity contribution in [1.82, 2.24) is 4.98 Å². The number of halogens is 1. The molecule has 1 aromatic heterocycles. The van der Waals surface area contributed by atoms with E-state index in [1.165, 1.54) is 12.1 Å². The Bertz CT molecular complexity index is 692. The van der Waals surface area contributed by atoms with Crippen molar-refractivity contribution in [3.05, 3.63) is 45.6 Å². The lowest BCUT2D eigenvalue weighted by Gasteiger charge is -2.05. The van der Waals surface area contributed by atoms with Gasteiger partial charge in [0.25, 0.3) is 0 Å². The second-order valence-corrected chi connectivity index (χ2v) is 4.19. The zero-order valence-corrected chi connectivity index (χ0v) is 10.7. The van der Waals surface area contributed by atoms with E-state index in [4.69, 9.17) is 25.8 Å². The SMILES string of the molecule is O=[N+]([O-])c1ccc(Oc2ccc3c(c2)OCO3)nc1Cl. The Morgan fingerprint density at radius 1 is 1.25 bits per heavy atom. The van der Waals surface area contributed by atoms with Crippen LogP contribution in [-0.4, -0.2) is 16.7 Å². The molecule has 0 radical (unpaired) electrons. The number of rotatable bonds is 3. The molecule has 3 rings (SSSR count). The van der Waals surface area contributed by atoms with E-state index in [1.807, 2.05) is 0 Å².